The topological polar surface area (TPSA) is 152 Å². The largest absolute Gasteiger partial charge is 0.497 e. The molecule has 1 aromatic heterocycles. The van der Waals surface area contributed by atoms with Crippen LogP contribution in [0.3, 0.4) is 0 Å². The average Bonchev–Trinajstić information content (AvgIpc) is 3.53. The molecule has 0 spiro atoms. The number of fused-ring (bicyclic) bond motifs is 1. The molecule has 0 saturated heterocycles. The lowest BCUT2D eigenvalue weighted by atomic mass is 10.0. The predicted molar refractivity (Wildman–Crippen MR) is 219 cm³/mol. The minimum Gasteiger partial charge on any atom is -0.497 e. The molecule has 4 amide bonds. The van der Waals surface area contributed by atoms with Gasteiger partial charge in [0.15, 0.2) is 0 Å². The fourth-order valence-electron chi connectivity index (χ4n) is 5.73. The second-order valence-electron chi connectivity index (χ2n) is 13.7. The molecular weight excluding hydrogens is 753 g/mol. The van der Waals surface area contributed by atoms with Gasteiger partial charge in [0.25, 0.3) is 11.8 Å². The number of esters is 1. The van der Waals surface area contributed by atoms with E-state index in [2.05, 4.69) is 16.0 Å². The van der Waals surface area contributed by atoms with E-state index in [1.807, 2.05) is 13.0 Å². The van der Waals surface area contributed by atoms with Crippen LogP contribution in [0.15, 0.2) is 89.5 Å². The standard InChI is InChI=1S/C42H46N4O8S2/c1-7-33(38(49)45-39-35(40(50)53-8-2)31-21-22-46(25-34(31)56-39)41(51)54-42(3,4)5)55-30-16-12-15-28(24-30)43-37(48)32(23-26-17-19-29(52-6)20-18-26)44-36(47)27-13-10-9-11-14-27/h9-20,23-24,33H,7-8,21-22,25H2,1-6H3,(H,43,48)(H,44,47)(H,45,49)/b32-23+. The van der Waals surface area contributed by atoms with E-state index in [0.717, 1.165) is 10.4 Å². The van der Waals surface area contributed by atoms with Gasteiger partial charge in [-0.1, -0.05) is 43.3 Å². The number of thioether (sulfide) groups is 1. The van der Waals surface area contributed by atoms with E-state index in [4.69, 9.17) is 14.2 Å². The van der Waals surface area contributed by atoms with Gasteiger partial charge in [0.1, 0.15) is 22.0 Å². The van der Waals surface area contributed by atoms with Gasteiger partial charge in [-0.05, 0) is 100 Å². The quantitative estimate of drug-likeness (QED) is 0.0692. The Bertz CT molecular complexity index is 2090. The molecule has 0 bridgehead atoms. The van der Waals surface area contributed by atoms with Crippen LogP contribution >= 0.6 is 23.1 Å². The Morgan fingerprint density at radius 1 is 0.946 bits per heavy atom. The minimum atomic E-state index is -0.655. The number of amides is 4. The van der Waals surface area contributed by atoms with E-state index in [9.17, 15) is 24.0 Å². The number of nitrogens with one attached hydrogen (secondary N) is 3. The first-order valence-electron chi connectivity index (χ1n) is 18.2. The molecule has 1 aliphatic heterocycles. The molecule has 0 aliphatic carbocycles. The van der Waals surface area contributed by atoms with Gasteiger partial charge in [-0.3, -0.25) is 14.4 Å². The first kappa shape index (κ1) is 41.6. The van der Waals surface area contributed by atoms with Crippen molar-refractivity contribution in [2.75, 3.05) is 30.9 Å². The smallest absolute Gasteiger partial charge is 0.410 e. The summed E-state index contributed by atoms with van der Waals surface area (Å²) in [5.74, 6) is -1.19. The van der Waals surface area contributed by atoms with Crippen molar-refractivity contribution < 1.29 is 38.2 Å². The third kappa shape index (κ3) is 11.0. The summed E-state index contributed by atoms with van der Waals surface area (Å²) >= 11 is 2.56. The molecule has 12 nitrogen and oxygen atoms in total. The molecule has 5 rings (SSSR count). The van der Waals surface area contributed by atoms with Crippen LogP contribution in [0.1, 0.15) is 77.8 Å². The summed E-state index contributed by atoms with van der Waals surface area (Å²) in [6, 6.07) is 22.7. The Labute approximate surface area is 335 Å². The van der Waals surface area contributed by atoms with Crippen LogP contribution in [-0.4, -0.2) is 65.8 Å². The molecule has 0 saturated carbocycles. The SMILES string of the molecule is CCOC(=O)c1c(NC(=O)C(CC)Sc2cccc(NC(=O)/C(=C\c3ccc(OC)cc3)NC(=O)c3ccccc3)c2)sc2c1CCN(C(=O)OC(C)(C)C)C2. The lowest BCUT2D eigenvalue weighted by Gasteiger charge is -2.30. The van der Waals surface area contributed by atoms with Gasteiger partial charge < -0.3 is 35.1 Å². The number of hydrogen-bond acceptors (Lipinski definition) is 10. The number of anilines is 2. The van der Waals surface area contributed by atoms with Gasteiger partial charge in [-0.15, -0.1) is 23.1 Å². The highest BCUT2D eigenvalue weighted by molar-refractivity contribution is 8.00. The fraction of sp³-hybridized carbons (Fsp3) is 0.310. The normalized spacial score (nSPS) is 13.2. The number of methoxy groups -OCH3 is 1. The Morgan fingerprint density at radius 2 is 1.68 bits per heavy atom. The first-order valence-corrected chi connectivity index (χ1v) is 19.9. The number of hydrogen-bond donors (Lipinski definition) is 3. The van der Waals surface area contributed by atoms with Crippen molar-refractivity contribution in [1.29, 1.82) is 0 Å². The summed E-state index contributed by atoms with van der Waals surface area (Å²) in [5, 5.41) is 8.41. The van der Waals surface area contributed by atoms with Crippen LogP contribution in [0.5, 0.6) is 5.75 Å². The van der Waals surface area contributed by atoms with E-state index in [1.165, 1.54) is 23.1 Å². The molecule has 2 heterocycles. The summed E-state index contributed by atoms with van der Waals surface area (Å²) in [5.41, 5.74) is 1.96. The Balaban J connectivity index is 1.32. The van der Waals surface area contributed by atoms with Crippen molar-refractivity contribution in [3.8, 4) is 5.75 Å². The maximum Gasteiger partial charge on any atom is 0.410 e. The zero-order chi connectivity index (χ0) is 40.4. The van der Waals surface area contributed by atoms with E-state index in [1.54, 1.807) is 119 Å². The van der Waals surface area contributed by atoms with Crippen molar-refractivity contribution in [2.24, 2.45) is 0 Å². The number of nitrogens with zero attached hydrogens (tertiary/aromatic N) is 1. The minimum absolute atomic E-state index is 0.0261. The second kappa shape index (κ2) is 18.8. The zero-order valence-corrected chi connectivity index (χ0v) is 33.9. The molecule has 1 unspecified atom stereocenters. The van der Waals surface area contributed by atoms with E-state index in [0.29, 0.717) is 57.4 Å². The van der Waals surface area contributed by atoms with Crippen molar-refractivity contribution in [2.45, 2.75) is 69.8 Å². The van der Waals surface area contributed by atoms with Gasteiger partial charge in [0.2, 0.25) is 5.91 Å². The molecule has 294 valence electrons. The van der Waals surface area contributed by atoms with Crippen LogP contribution < -0.4 is 20.7 Å². The Morgan fingerprint density at radius 3 is 2.34 bits per heavy atom. The number of benzene rings is 3. The number of carbonyl (C=O) groups excluding carboxylic acids is 5. The van der Waals surface area contributed by atoms with Crippen LogP contribution in [0.25, 0.3) is 6.08 Å². The third-order valence-corrected chi connectivity index (χ3v) is 10.9. The first-order chi connectivity index (χ1) is 26.8. The van der Waals surface area contributed by atoms with Crippen LogP contribution in [-0.2, 0) is 32.0 Å². The van der Waals surface area contributed by atoms with Crippen molar-refractivity contribution in [1.82, 2.24) is 10.2 Å². The van der Waals surface area contributed by atoms with Crippen LogP contribution in [0.2, 0.25) is 0 Å². The summed E-state index contributed by atoms with van der Waals surface area (Å²) in [6.45, 7) is 9.79. The molecule has 14 heteroatoms. The number of thiophene rings is 1. The molecule has 3 aromatic carbocycles. The van der Waals surface area contributed by atoms with Crippen molar-refractivity contribution in [3.63, 3.8) is 0 Å². The number of ether oxygens (including phenoxy) is 3. The van der Waals surface area contributed by atoms with Gasteiger partial charge in [-0.25, -0.2) is 9.59 Å². The number of carbonyl (C=O) groups is 5. The third-order valence-electron chi connectivity index (χ3n) is 8.41. The van der Waals surface area contributed by atoms with Gasteiger partial charge in [-0.2, -0.15) is 0 Å². The van der Waals surface area contributed by atoms with Crippen molar-refractivity contribution >= 4 is 69.6 Å². The molecule has 0 radical (unpaired) electrons. The highest BCUT2D eigenvalue weighted by Crippen LogP contribution is 2.39. The number of rotatable bonds is 13. The second-order valence-corrected chi connectivity index (χ2v) is 16.1. The molecule has 1 aliphatic rings. The molecular formula is C42H46N4O8S2. The highest BCUT2D eigenvalue weighted by Gasteiger charge is 2.33. The lowest BCUT2D eigenvalue weighted by Crippen LogP contribution is -2.39. The summed E-state index contributed by atoms with van der Waals surface area (Å²) < 4.78 is 16.2. The maximum absolute atomic E-state index is 13.8. The fourth-order valence-corrected chi connectivity index (χ4v) is 7.99. The van der Waals surface area contributed by atoms with Gasteiger partial charge >= 0.3 is 12.1 Å². The van der Waals surface area contributed by atoms with Gasteiger partial charge in [0.05, 0.1) is 31.1 Å². The summed E-state index contributed by atoms with van der Waals surface area (Å²) in [6.07, 6.45) is 2.00. The highest BCUT2D eigenvalue weighted by atomic mass is 32.2. The zero-order valence-electron chi connectivity index (χ0n) is 32.2. The van der Waals surface area contributed by atoms with Crippen LogP contribution in [0.4, 0.5) is 15.5 Å². The Hall–Kier alpha value is -5.60. The van der Waals surface area contributed by atoms with E-state index >= 15 is 0 Å². The lowest BCUT2D eigenvalue weighted by molar-refractivity contribution is -0.116. The predicted octanol–water partition coefficient (Wildman–Crippen LogP) is 8.15. The van der Waals surface area contributed by atoms with Gasteiger partial charge in [0, 0.05) is 27.6 Å². The Kier molecular flexibility index (Phi) is 14.0. The average molecular weight is 799 g/mol. The molecule has 3 N–H and O–H groups in total. The summed E-state index contributed by atoms with van der Waals surface area (Å²) in [7, 11) is 1.56. The molecule has 0 fully saturated rings. The van der Waals surface area contributed by atoms with E-state index in [-0.39, 0.29) is 24.8 Å². The molecule has 56 heavy (non-hydrogen) atoms. The molecule has 1 atom stereocenters. The monoisotopic (exact) mass is 798 g/mol. The molecule has 4 aromatic rings. The van der Waals surface area contributed by atoms with Crippen molar-refractivity contribution in [3.05, 3.63) is 112 Å². The van der Waals surface area contributed by atoms with E-state index < -0.39 is 34.7 Å². The maximum atomic E-state index is 13.8. The van der Waals surface area contributed by atoms with Crippen LogP contribution in [0, 0.1) is 0 Å². The summed E-state index contributed by atoms with van der Waals surface area (Å²) in [4.78, 5) is 69.7.